The lowest BCUT2D eigenvalue weighted by Gasteiger charge is -2.17. The SMILES string of the molecule is CC(n1nc(Br)c(C(N)=O)c1N)C(F)(F)F. The Balaban J connectivity index is 3.28. The summed E-state index contributed by atoms with van der Waals surface area (Å²) in [4.78, 5) is 10.9. The molecule has 1 aromatic heterocycles. The summed E-state index contributed by atoms with van der Waals surface area (Å²) in [5.41, 5.74) is 10.1. The van der Waals surface area contributed by atoms with E-state index >= 15 is 0 Å². The molecule has 0 saturated heterocycles. The van der Waals surface area contributed by atoms with Crippen molar-refractivity contribution in [2.24, 2.45) is 5.73 Å². The Labute approximate surface area is 96.7 Å². The van der Waals surface area contributed by atoms with E-state index in [-0.39, 0.29) is 10.2 Å². The van der Waals surface area contributed by atoms with Gasteiger partial charge in [0.25, 0.3) is 5.91 Å². The number of carbonyl (C=O) groups excluding carboxylic acids is 1. The van der Waals surface area contributed by atoms with E-state index in [0.717, 1.165) is 6.92 Å². The molecule has 1 heterocycles. The van der Waals surface area contributed by atoms with E-state index in [2.05, 4.69) is 21.0 Å². The number of alkyl halides is 3. The number of primary amides is 1. The lowest BCUT2D eigenvalue weighted by molar-refractivity contribution is -0.164. The molecule has 90 valence electrons. The van der Waals surface area contributed by atoms with Crippen molar-refractivity contribution in [2.75, 3.05) is 5.73 Å². The summed E-state index contributed by atoms with van der Waals surface area (Å²) in [6, 6.07) is -1.93. The van der Waals surface area contributed by atoms with Crippen LogP contribution in [0.25, 0.3) is 0 Å². The number of hydrogen-bond donors (Lipinski definition) is 2. The number of nitrogens with zero attached hydrogens (tertiary/aromatic N) is 2. The molecule has 1 amide bonds. The van der Waals surface area contributed by atoms with Gasteiger partial charge in [-0.05, 0) is 22.9 Å². The van der Waals surface area contributed by atoms with Gasteiger partial charge in [0, 0.05) is 0 Å². The average molecular weight is 301 g/mol. The molecule has 1 unspecified atom stereocenters. The minimum absolute atomic E-state index is 0.103. The Morgan fingerprint density at radius 1 is 1.56 bits per heavy atom. The van der Waals surface area contributed by atoms with Crippen molar-refractivity contribution in [1.82, 2.24) is 9.78 Å². The number of nitrogens with two attached hydrogens (primary N) is 2. The number of anilines is 1. The first-order chi connectivity index (χ1) is 7.16. The van der Waals surface area contributed by atoms with Crippen molar-refractivity contribution >= 4 is 27.7 Å². The summed E-state index contributed by atoms with van der Waals surface area (Å²) in [7, 11) is 0. The molecular weight excluding hydrogens is 293 g/mol. The lowest BCUT2D eigenvalue weighted by atomic mass is 10.3. The molecule has 0 saturated carbocycles. The molecule has 0 aliphatic carbocycles. The second-order valence-corrected chi connectivity index (χ2v) is 3.83. The van der Waals surface area contributed by atoms with Gasteiger partial charge in [0.15, 0.2) is 0 Å². The number of amides is 1. The minimum Gasteiger partial charge on any atom is -0.383 e. The first-order valence-corrected chi connectivity index (χ1v) is 4.85. The van der Waals surface area contributed by atoms with E-state index < -0.39 is 23.9 Å². The number of nitrogen functional groups attached to an aromatic ring is 1. The molecule has 4 N–H and O–H groups in total. The summed E-state index contributed by atoms with van der Waals surface area (Å²) < 4.78 is 37.6. The third-order valence-corrected chi connectivity index (χ3v) is 2.55. The van der Waals surface area contributed by atoms with Crippen molar-refractivity contribution in [2.45, 2.75) is 19.1 Å². The number of hydrogen-bond acceptors (Lipinski definition) is 3. The standard InChI is InChI=1S/C7H8BrF3N4O/c1-2(7(9,10)11)15-5(12)3(6(13)16)4(8)14-15/h2H,12H2,1H3,(H2,13,16). The zero-order chi connectivity index (χ0) is 12.7. The van der Waals surface area contributed by atoms with Crippen LogP contribution in [-0.4, -0.2) is 21.9 Å². The van der Waals surface area contributed by atoms with Crippen LogP contribution in [0, 0.1) is 0 Å². The van der Waals surface area contributed by atoms with Crippen molar-refractivity contribution in [1.29, 1.82) is 0 Å². The molecule has 0 aromatic carbocycles. The highest BCUT2D eigenvalue weighted by Crippen LogP contribution is 2.33. The second-order valence-electron chi connectivity index (χ2n) is 3.08. The van der Waals surface area contributed by atoms with Crippen LogP contribution in [0.5, 0.6) is 0 Å². The fraction of sp³-hybridized carbons (Fsp3) is 0.429. The maximum atomic E-state index is 12.4. The number of aromatic nitrogens is 2. The van der Waals surface area contributed by atoms with Crippen LogP contribution < -0.4 is 11.5 Å². The molecule has 0 bridgehead atoms. The Bertz CT molecular complexity index is 428. The summed E-state index contributed by atoms with van der Waals surface area (Å²) in [5, 5.41) is 3.49. The third kappa shape index (κ3) is 2.13. The molecular formula is C7H8BrF3N4O. The zero-order valence-electron chi connectivity index (χ0n) is 8.05. The van der Waals surface area contributed by atoms with Gasteiger partial charge in [-0.2, -0.15) is 18.3 Å². The Morgan fingerprint density at radius 2 is 2.06 bits per heavy atom. The fourth-order valence-corrected chi connectivity index (χ4v) is 1.65. The Hall–Kier alpha value is -1.25. The monoisotopic (exact) mass is 300 g/mol. The highest BCUT2D eigenvalue weighted by molar-refractivity contribution is 9.10. The van der Waals surface area contributed by atoms with Crippen LogP contribution in [-0.2, 0) is 0 Å². The van der Waals surface area contributed by atoms with E-state index in [1.807, 2.05) is 0 Å². The fourth-order valence-electron chi connectivity index (χ4n) is 1.08. The van der Waals surface area contributed by atoms with Gasteiger partial charge in [-0.25, -0.2) is 4.68 Å². The molecule has 1 rings (SSSR count). The van der Waals surface area contributed by atoms with Gasteiger partial charge in [0.2, 0.25) is 0 Å². The quantitative estimate of drug-likeness (QED) is 0.866. The third-order valence-electron chi connectivity index (χ3n) is 1.99. The van der Waals surface area contributed by atoms with Crippen molar-refractivity contribution in [3.05, 3.63) is 10.2 Å². The van der Waals surface area contributed by atoms with Crippen LogP contribution in [0.3, 0.4) is 0 Å². The van der Waals surface area contributed by atoms with Crippen molar-refractivity contribution in [3.63, 3.8) is 0 Å². The van der Waals surface area contributed by atoms with Crippen LogP contribution in [0.1, 0.15) is 23.3 Å². The van der Waals surface area contributed by atoms with Crippen LogP contribution in [0.15, 0.2) is 4.60 Å². The molecule has 0 fully saturated rings. The largest absolute Gasteiger partial charge is 0.410 e. The topological polar surface area (TPSA) is 86.9 Å². The van der Waals surface area contributed by atoms with Crippen molar-refractivity contribution < 1.29 is 18.0 Å². The molecule has 16 heavy (non-hydrogen) atoms. The number of halogens is 4. The van der Waals surface area contributed by atoms with Crippen molar-refractivity contribution in [3.8, 4) is 0 Å². The maximum Gasteiger partial charge on any atom is 0.410 e. The maximum absolute atomic E-state index is 12.4. The summed E-state index contributed by atoms with van der Waals surface area (Å²) in [6.07, 6.45) is -4.51. The highest BCUT2D eigenvalue weighted by atomic mass is 79.9. The smallest absolute Gasteiger partial charge is 0.383 e. The molecule has 5 nitrogen and oxygen atoms in total. The molecule has 0 radical (unpaired) electrons. The van der Waals surface area contributed by atoms with Crippen LogP contribution in [0.4, 0.5) is 19.0 Å². The van der Waals surface area contributed by atoms with Gasteiger partial charge < -0.3 is 11.5 Å². The minimum atomic E-state index is -4.51. The zero-order valence-corrected chi connectivity index (χ0v) is 9.63. The van der Waals surface area contributed by atoms with Gasteiger partial charge >= 0.3 is 6.18 Å². The van der Waals surface area contributed by atoms with E-state index in [1.165, 1.54) is 0 Å². The van der Waals surface area contributed by atoms with Gasteiger partial charge in [0.05, 0.1) is 0 Å². The van der Waals surface area contributed by atoms with E-state index in [1.54, 1.807) is 0 Å². The van der Waals surface area contributed by atoms with Gasteiger partial charge in [-0.3, -0.25) is 4.79 Å². The molecule has 1 atom stereocenters. The van der Waals surface area contributed by atoms with Crippen LogP contribution in [0.2, 0.25) is 0 Å². The van der Waals surface area contributed by atoms with Gasteiger partial charge in [-0.15, -0.1) is 0 Å². The van der Waals surface area contributed by atoms with E-state index in [0.29, 0.717) is 4.68 Å². The first-order valence-electron chi connectivity index (χ1n) is 4.06. The molecule has 0 spiro atoms. The summed E-state index contributed by atoms with van der Waals surface area (Å²) in [5.74, 6) is -1.35. The molecule has 0 aliphatic heterocycles. The Morgan fingerprint density at radius 3 is 2.38 bits per heavy atom. The van der Waals surface area contributed by atoms with Crippen LogP contribution >= 0.6 is 15.9 Å². The molecule has 0 aliphatic rings. The molecule has 1 aromatic rings. The summed E-state index contributed by atoms with van der Waals surface area (Å²) in [6.45, 7) is 0.876. The highest BCUT2D eigenvalue weighted by Gasteiger charge is 2.40. The van der Waals surface area contributed by atoms with Gasteiger partial charge in [0.1, 0.15) is 22.0 Å². The average Bonchev–Trinajstić information content (AvgIpc) is 2.38. The number of carbonyl (C=O) groups is 1. The van der Waals surface area contributed by atoms with E-state index in [4.69, 9.17) is 11.5 Å². The predicted molar refractivity (Wildman–Crippen MR) is 53.6 cm³/mol. The van der Waals surface area contributed by atoms with E-state index in [9.17, 15) is 18.0 Å². The number of rotatable bonds is 2. The predicted octanol–water partition coefficient (Wildman–Crippen LogP) is 1.45. The first kappa shape index (κ1) is 12.8. The molecule has 9 heteroatoms. The second kappa shape index (κ2) is 3.96. The Kier molecular flexibility index (Phi) is 3.17. The normalized spacial score (nSPS) is 13.8. The van der Waals surface area contributed by atoms with Gasteiger partial charge in [-0.1, -0.05) is 0 Å². The summed E-state index contributed by atoms with van der Waals surface area (Å²) >= 11 is 2.82. The lowest BCUT2D eigenvalue weighted by Crippen LogP contribution is -2.26.